The van der Waals surface area contributed by atoms with Gasteiger partial charge in [-0.3, -0.25) is 0 Å². The number of hydrogen-bond acceptors (Lipinski definition) is 8. The highest BCUT2D eigenvalue weighted by molar-refractivity contribution is 7.72. The second kappa shape index (κ2) is 12.5. The van der Waals surface area contributed by atoms with Crippen molar-refractivity contribution < 1.29 is 37.3 Å². The lowest BCUT2D eigenvalue weighted by atomic mass is 9.94. The number of aliphatic hydroxyl groups is 1. The van der Waals surface area contributed by atoms with E-state index < -0.39 is 53.0 Å². The number of rotatable bonds is 11. The summed E-state index contributed by atoms with van der Waals surface area (Å²) in [7, 11) is -2.73. The van der Waals surface area contributed by atoms with E-state index in [9.17, 15) is 23.1 Å². The van der Waals surface area contributed by atoms with E-state index in [1.165, 1.54) is 0 Å². The van der Waals surface area contributed by atoms with Gasteiger partial charge in [0.15, 0.2) is 0 Å². The molecule has 1 aliphatic heterocycles. The van der Waals surface area contributed by atoms with Crippen LogP contribution in [0.3, 0.4) is 0 Å². The van der Waals surface area contributed by atoms with Gasteiger partial charge in [-0.15, -0.1) is 6.58 Å². The Morgan fingerprint density at radius 1 is 1.00 bits per heavy atom. The highest BCUT2D eigenvalue weighted by Crippen LogP contribution is 2.32. The van der Waals surface area contributed by atoms with Gasteiger partial charge in [-0.25, -0.2) is 18.0 Å². The molecule has 2 aromatic carbocycles. The minimum Gasteiger partial charge on any atom is -0.458 e. The summed E-state index contributed by atoms with van der Waals surface area (Å²) in [6.07, 6.45) is -1.40. The van der Waals surface area contributed by atoms with Gasteiger partial charge in [-0.05, 0) is 30.7 Å². The molecule has 0 spiro atoms. The predicted octanol–water partition coefficient (Wildman–Crippen LogP) is 2.39. The predicted molar refractivity (Wildman–Crippen MR) is 125 cm³/mol. The molecule has 5 atom stereocenters. The summed E-state index contributed by atoms with van der Waals surface area (Å²) in [4.78, 5) is 25.0. The van der Waals surface area contributed by atoms with Crippen molar-refractivity contribution >= 4 is 22.6 Å². The lowest BCUT2D eigenvalue weighted by Crippen LogP contribution is -2.35. The fourth-order valence-electron chi connectivity index (χ4n) is 3.92. The second-order valence-electron chi connectivity index (χ2n) is 8.00. The molecular weight excluding hydrogens is 460 g/mol. The summed E-state index contributed by atoms with van der Waals surface area (Å²) >= 11 is 0. The lowest BCUT2D eigenvalue weighted by molar-refractivity contribution is -0.0449. The number of aliphatic hydroxyl groups excluding tert-OH is 1. The first kappa shape index (κ1) is 25.6. The first-order valence-corrected chi connectivity index (χ1v) is 12.3. The van der Waals surface area contributed by atoms with Crippen LogP contribution in [0, 0.1) is 5.92 Å². The van der Waals surface area contributed by atoms with Crippen LogP contribution in [0.2, 0.25) is 0 Å². The van der Waals surface area contributed by atoms with E-state index in [1.54, 1.807) is 66.7 Å². The molecule has 0 unspecified atom stereocenters. The van der Waals surface area contributed by atoms with E-state index in [0.29, 0.717) is 17.5 Å². The Bertz CT molecular complexity index is 1030. The Morgan fingerprint density at radius 2 is 1.59 bits per heavy atom. The van der Waals surface area contributed by atoms with E-state index in [2.05, 4.69) is 6.58 Å². The number of thiol groups is 1. The summed E-state index contributed by atoms with van der Waals surface area (Å²) in [6, 6.07) is 16.7. The summed E-state index contributed by atoms with van der Waals surface area (Å²) in [6.45, 7) is 3.40. The van der Waals surface area contributed by atoms with E-state index in [-0.39, 0.29) is 18.8 Å². The smallest absolute Gasteiger partial charge is 0.338 e. The van der Waals surface area contributed by atoms with Crippen molar-refractivity contribution in [3.05, 3.63) is 84.4 Å². The molecule has 3 rings (SSSR count). The van der Waals surface area contributed by atoms with Crippen molar-refractivity contribution in [1.29, 1.82) is 0 Å². The summed E-state index contributed by atoms with van der Waals surface area (Å²) in [5.41, 5.74) is 0.665. The highest BCUT2D eigenvalue weighted by atomic mass is 32.2. The topological polar surface area (TPSA) is 116 Å². The van der Waals surface area contributed by atoms with Crippen LogP contribution in [0.15, 0.2) is 73.3 Å². The van der Waals surface area contributed by atoms with Gasteiger partial charge in [0, 0.05) is 12.3 Å². The minimum atomic E-state index is -2.73. The normalized spacial score (nSPS) is 22.8. The maximum absolute atomic E-state index is 12.6. The fraction of sp³-hybridized carbons (Fsp3) is 0.360. The number of carbonyl (C=O) groups excluding carboxylic acids is 2. The van der Waals surface area contributed by atoms with Crippen LogP contribution in [0.4, 0.5) is 0 Å². The Morgan fingerprint density at radius 3 is 2.15 bits per heavy atom. The Kier molecular flexibility index (Phi) is 9.38. The number of benzene rings is 2. The van der Waals surface area contributed by atoms with Gasteiger partial charge in [0.2, 0.25) is 0 Å². The minimum absolute atomic E-state index is 0.0155. The Hall–Kier alpha value is -3.01. The molecule has 1 aliphatic rings. The third-order valence-electron chi connectivity index (χ3n) is 5.59. The molecule has 0 amide bonds. The van der Waals surface area contributed by atoms with E-state index in [0.717, 1.165) is 0 Å². The molecule has 2 aromatic rings. The molecule has 34 heavy (non-hydrogen) atoms. The van der Waals surface area contributed by atoms with E-state index in [1.807, 2.05) is 0 Å². The standard InChI is InChI=1S/C25H28O8S/c1-2-9-21-20(16-34(29)30)23(26)22(33-21)14-19(32-25(28)18-12-7-4-8-13-18)15-31-24(27)17-10-5-3-6-11-17/h2-8,10-13,19-23,26,34H,1,9,14-16H2/t19-,20-,21-,22+,23+/m0/s1. The summed E-state index contributed by atoms with van der Waals surface area (Å²) in [5.74, 6) is -2.07. The largest absolute Gasteiger partial charge is 0.458 e. The first-order valence-electron chi connectivity index (χ1n) is 10.9. The van der Waals surface area contributed by atoms with Gasteiger partial charge in [0.25, 0.3) is 0 Å². The van der Waals surface area contributed by atoms with Crippen LogP contribution in [0.5, 0.6) is 0 Å². The maximum atomic E-state index is 12.6. The molecule has 0 aromatic heterocycles. The van der Waals surface area contributed by atoms with Crippen LogP contribution >= 0.6 is 0 Å². The zero-order valence-electron chi connectivity index (χ0n) is 18.5. The van der Waals surface area contributed by atoms with Crippen molar-refractivity contribution in [2.45, 2.75) is 37.3 Å². The van der Waals surface area contributed by atoms with Crippen molar-refractivity contribution in [2.75, 3.05) is 12.4 Å². The number of carbonyl (C=O) groups is 2. The van der Waals surface area contributed by atoms with Crippen LogP contribution in [0.1, 0.15) is 33.6 Å². The van der Waals surface area contributed by atoms with Gasteiger partial charge in [-0.1, -0.05) is 42.5 Å². The quantitative estimate of drug-likeness (QED) is 0.281. The molecule has 1 heterocycles. The van der Waals surface area contributed by atoms with Gasteiger partial charge >= 0.3 is 11.9 Å². The van der Waals surface area contributed by atoms with Crippen LogP contribution in [0.25, 0.3) is 0 Å². The van der Waals surface area contributed by atoms with Gasteiger partial charge in [0.1, 0.15) is 23.4 Å². The fourth-order valence-corrected chi connectivity index (χ4v) is 4.71. The third kappa shape index (κ3) is 6.99. The summed E-state index contributed by atoms with van der Waals surface area (Å²) in [5, 5.41) is 10.8. The van der Waals surface area contributed by atoms with Crippen molar-refractivity contribution in [2.24, 2.45) is 5.92 Å². The van der Waals surface area contributed by atoms with Crippen LogP contribution < -0.4 is 0 Å². The summed E-state index contributed by atoms with van der Waals surface area (Å²) < 4.78 is 39.5. The maximum Gasteiger partial charge on any atom is 0.338 e. The number of esters is 2. The van der Waals surface area contributed by atoms with Crippen molar-refractivity contribution in [3.8, 4) is 0 Å². The monoisotopic (exact) mass is 488 g/mol. The molecule has 0 bridgehead atoms. The van der Waals surface area contributed by atoms with Gasteiger partial charge in [0.05, 0.1) is 35.2 Å². The molecule has 1 saturated heterocycles. The molecule has 1 fully saturated rings. The third-order valence-corrected chi connectivity index (χ3v) is 6.31. The molecule has 0 radical (unpaired) electrons. The zero-order chi connectivity index (χ0) is 24.5. The van der Waals surface area contributed by atoms with Crippen molar-refractivity contribution in [1.82, 2.24) is 0 Å². The number of hydrogen-bond donors (Lipinski definition) is 2. The van der Waals surface area contributed by atoms with Crippen LogP contribution in [-0.2, 0) is 24.9 Å². The molecule has 8 nitrogen and oxygen atoms in total. The van der Waals surface area contributed by atoms with E-state index >= 15 is 0 Å². The zero-order valence-corrected chi connectivity index (χ0v) is 19.4. The number of ether oxygens (including phenoxy) is 3. The molecule has 0 saturated carbocycles. The van der Waals surface area contributed by atoms with E-state index in [4.69, 9.17) is 14.2 Å². The Labute approximate surface area is 200 Å². The molecule has 9 heteroatoms. The second-order valence-corrected chi connectivity index (χ2v) is 9.03. The average Bonchev–Trinajstić information content (AvgIpc) is 3.12. The van der Waals surface area contributed by atoms with Gasteiger partial charge in [-0.2, -0.15) is 0 Å². The lowest BCUT2D eigenvalue weighted by Gasteiger charge is -2.23. The first-order chi connectivity index (χ1) is 16.4. The molecule has 1 N–H and O–H groups in total. The Balaban J connectivity index is 1.73. The van der Waals surface area contributed by atoms with Crippen LogP contribution in [-0.4, -0.2) is 62.2 Å². The van der Waals surface area contributed by atoms with Gasteiger partial charge < -0.3 is 19.3 Å². The highest BCUT2D eigenvalue weighted by Gasteiger charge is 2.44. The molecular formula is C25H28O8S. The van der Waals surface area contributed by atoms with Crippen molar-refractivity contribution in [3.63, 3.8) is 0 Å². The average molecular weight is 489 g/mol. The molecule has 0 aliphatic carbocycles. The SMILES string of the molecule is C=CC[C@@H]1O[C@H](C[C@@H](COC(=O)c2ccccc2)OC(=O)c2ccccc2)[C@H](O)[C@H]1C[SH](=O)=O. The molecule has 182 valence electrons.